The number of ether oxygens (including phenoxy) is 1. The maximum absolute atomic E-state index is 5.45. The molecule has 0 aromatic heterocycles. The number of halogens is 1. The van der Waals surface area contributed by atoms with E-state index >= 15 is 0 Å². The highest BCUT2D eigenvalue weighted by atomic mass is 35.5. The fourth-order valence-electron chi connectivity index (χ4n) is 0.696. The average Bonchev–Trinajstić information content (AvgIpc) is 2.02. The number of hydrogen-bond acceptors (Lipinski definition) is 2. The van der Waals surface area contributed by atoms with Crippen molar-refractivity contribution in [1.82, 2.24) is 0 Å². The van der Waals surface area contributed by atoms with E-state index in [-0.39, 0.29) is 0 Å². The Morgan fingerprint density at radius 2 is 2.00 bits per heavy atom. The van der Waals surface area contributed by atoms with Gasteiger partial charge in [0.2, 0.25) is 0 Å². The first-order valence-corrected chi connectivity index (χ1v) is 6.17. The van der Waals surface area contributed by atoms with E-state index in [1.807, 2.05) is 11.8 Å². The van der Waals surface area contributed by atoms with E-state index in [4.69, 9.17) is 16.3 Å². The molecule has 0 aromatic rings. The predicted octanol–water partition coefficient (Wildman–Crippen LogP) is 3.02. The summed E-state index contributed by atoms with van der Waals surface area (Å²) in [6.07, 6.45) is 1.31. The first kappa shape index (κ1) is 12.6. The molecule has 0 rings (SSSR count). The highest BCUT2D eigenvalue weighted by molar-refractivity contribution is 7.99. The van der Waals surface area contributed by atoms with Crippen LogP contribution in [0.4, 0.5) is 0 Å². The lowest BCUT2D eigenvalue weighted by molar-refractivity contribution is 0.166. The van der Waals surface area contributed by atoms with Gasteiger partial charge in [0.05, 0.1) is 13.2 Å². The molecular formula is C9H19ClOS. The van der Waals surface area contributed by atoms with Crippen LogP contribution in [0.3, 0.4) is 0 Å². The molecule has 12 heavy (non-hydrogen) atoms. The highest BCUT2D eigenvalue weighted by Crippen LogP contribution is 2.07. The Balaban J connectivity index is 2.82. The number of rotatable bonds is 8. The van der Waals surface area contributed by atoms with Crippen molar-refractivity contribution < 1.29 is 4.74 Å². The fraction of sp³-hybridized carbons (Fsp3) is 1.00. The minimum Gasteiger partial charge on any atom is -0.379 e. The molecule has 0 heterocycles. The Bertz CT molecular complexity index is 88.6. The molecule has 0 saturated carbocycles. The van der Waals surface area contributed by atoms with Crippen molar-refractivity contribution in [1.29, 1.82) is 0 Å². The van der Waals surface area contributed by atoms with Gasteiger partial charge < -0.3 is 4.74 Å². The summed E-state index contributed by atoms with van der Waals surface area (Å²) in [5, 5.41) is 0. The summed E-state index contributed by atoms with van der Waals surface area (Å²) in [6, 6.07) is 0. The first-order valence-electron chi connectivity index (χ1n) is 4.48. The third-order valence-electron chi connectivity index (χ3n) is 1.43. The lowest BCUT2D eigenvalue weighted by Gasteiger charge is -2.04. The molecule has 74 valence electrons. The van der Waals surface area contributed by atoms with Crippen molar-refractivity contribution in [3.05, 3.63) is 0 Å². The molecule has 0 bridgehead atoms. The summed E-state index contributed by atoms with van der Waals surface area (Å²) in [4.78, 5) is 0. The Morgan fingerprint density at radius 3 is 2.58 bits per heavy atom. The molecule has 0 unspecified atom stereocenters. The Labute approximate surface area is 85.2 Å². The van der Waals surface area contributed by atoms with Gasteiger partial charge in [-0.05, 0) is 18.1 Å². The van der Waals surface area contributed by atoms with Gasteiger partial charge in [-0.1, -0.05) is 13.8 Å². The van der Waals surface area contributed by atoms with Gasteiger partial charge in [-0.2, -0.15) is 11.8 Å². The SMILES string of the molecule is CC(C)CCSCCOCCCl. The molecule has 0 aromatic carbocycles. The molecule has 0 aliphatic carbocycles. The second-order valence-electron chi connectivity index (χ2n) is 3.10. The van der Waals surface area contributed by atoms with Gasteiger partial charge in [0, 0.05) is 11.6 Å². The maximum atomic E-state index is 5.45. The molecule has 0 aliphatic heterocycles. The topological polar surface area (TPSA) is 9.23 Å². The van der Waals surface area contributed by atoms with Crippen molar-refractivity contribution >= 4 is 23.4 Å². The normalized spacial score (nSPS) is 11.0. The Hall–Kier alpha value is 0.600. The standard InChI is InChI=1S/C9H19ClOS/c1-9(2)3-7-12-8-6-11-5-4-10/h9H,3-8H2,1-2H3. The van der Waals surface area contributed by atoms with Crippen molar-refractivity contribution in [3.63, 3.8) is 0 Å². The largest absolute Gasteiger partial charge is 0.379 e. The molecule has 0 radical (unpaired) electrons. The van der Waals surface area contributed by atoms with Crippen LogP contribution < -0.4 is 0 Å². The fourth-order valence-corrected chi connectivity index (χ4v) is 1.88. The number of hydrogen-bond donors (Lipinski definition) is 0. The summed E-state index contributed by atoms with van der Waals surface area (Å²) in [5.41, 5.74) is 0. The molecule has 0 saturated heterocycles. The van der Waals surface area contributed by atoms with Crippen LogP contribution in [0.2, 0.25) is 0 Å². The zero-order chi connectivity index (χ0) is 9.23. The van der Waals surface area contributed by atoms with Gasteiger partial charge >= 0.3 is 0 Å². The number of alkyl halides is 1. The molecule has 0 spiro atoms. The molecule has 1 nitrogen and oxygen atoms in total. The van der Waals surface area contributed by atoms with Crippen LogP contribution in [-0.4, -0.2) is 30.6 Å². The minimum atomic E-state index is 0.608. The zero-order valence-corrected chi connectivity index (χ0v) is 9.59. The van der Waals surface area contributed by atoms with E-state index in [0.717, 1.165) is 18.3 Å². The van der Waals surface area contributed by atoms with Crippen LogP contribution in [0, 0.1) is 5.92 Å². The summed E-state index contributed by atoms with van der Waals surface area (Å²) in [6.45, 7) is 6.04. The van der Waals surface area contributed by atoms with E-state index in [1.165, 1.54) is 12.2 Å². The third-order valence-corrected chi connectivity index (χ3v) is 2.57. The summed E-state index contributed by atoms with van der Waals surface area (Å²) in [5.74, 6) is 3.78. The van der Waals surface area contributed by atoms with Crippen molar-refractivity contribution in [2.24, 2.45) is 5.92 Å². The van der Waals surface area contributed by atoms with Crippen LogP contribution in [0.5, 0.6) is 0 Å². The van der Waals surface area contributed by atoms with Crippen molar-refractivity contribution in [2.75, 3.05) is 30.6 Å². The van der Waals surface area contributed by atoms with E-state index in [2.05, 4.69) is 13.8 Å². The van der Waals surface area contributed by atoms with Crippen LogP contribution in [0.15, 0.2) is 0 Å². The lowest BCUT2D eigenvalue weighted by Crippen LogP contribution is -2.01. The third kappa shape index (κ3) is 10.6. The van der Waals surface area contributed by atoms with E-state index in [1.54, 1.807) is 0 Å². The molecule has 0 fully saturated rings. The van der Waals surface area contributed by atoms with E-state index in [0.29, 0.717) is 12.5 Å². The second-order valence-corrected chi connectivity index (χ2v) is 4.70. The quantitative estimate of drug-likeness (QED) is 0.450. The van der Waals surface area contributed by atoms with Gasteiger partial charge in [-0.3, -0.25) is 0 Å². The molecule has 0 amide bonds. The van der Waals surface area contributed by atoms with Crippen LogP contribution >= 0.6 is 23.4 Å². The van der Waals surface area contributed by atoms with Gasteiger partial charge in [0.15, 0.2) is 0 Å². The summed E-state index contributed by atoms with van der Waals surface area (Å²) < 4.78 is 5.24. The zero-order valence-electron chi connectivity index (χ0n) is 8.01. The maximum Gasteiger partial charge on any atom is 0.0602 e. The summed E-state index contributed by atoms with van der Waals surface area (Å²) in [7, 11) is 0. The monoisotopic (exact) mass is 210 g/mol. The minimum absolute atomic E-state index is 0.608. The Morgan fingerprint density at radius 1 is 1.25 bits per heavy atom. The van der Waals surface area contributed by atoms with Crippen molar-refractivity contribution in [3.8, 4) is 0 Å². The average molecular weight is 211 g/mol. The van der Waals surface area contributed by atoms with Crippen LogP contribution in [-0.2, 0) is 4.74 Å². The second kappa shape index (κ2) is 9.69. The number of thioether (sulfide) groups is 1. The van der Waals surface area contributed by atoms with Crippen molar-refractivity contribution in [2.45, 2.75) is 20.3 Å². The molecule has 0 atom stereocenters. The predicted molar refractivity (Wildman–Crippen MR) is 58.3 cm³/mol. The van der Waals surface area contributed by atoms with Gasteiger partial charge in [0.1, 0.15) is 0 Å². The van der Waals surface area contributed by atoms with Crippen LogP contribution in [0.25, 0.3) is 0 Å². The highest BCUT2D eigenvalue weighted by Gasteiger charge is 1.94. The molecular weight excluding hydrogens is 192 g/mol. The first-order chi connectivity index (χ1) is 5.77. The van der Waals surface area contributed by atoms with Crippen LogP contribution in [0.1, 0.15) is 20.3 Å². The molecule has 0 aliphatic rings. The lowest BCUT2D eigenvalue weighted by atomic mass is 10.2. The van der Waals surface area contributed by atoms with E-state index in [9.17, 15) is 0 Å². The molecule has 3 heteroatoms. The van der Waals surface area contributed by atoms with Gasteiger partial charge in [-0.25, -0.2) is 0 Å². The summed E-state index contributed by atoms with van der Waals surface area (Å²) >= 11 is 7.42. The smallest absolute Gasteiger partial charge is 0.0602 e. The Kier molecular flexibility index (Phi) is 10.2. The van der Waals surface area contributed by atoms with Gasteiger partial charge in [0.25, 0.3) is 0 Å². The molecule has 0 N–H and O–H groups in total. The van der Waals surface area contributed by atoms with E-state index < -0.39 is 0 Å². The van der Waals surface area contributed by atoms with Gasteiger partial charge in [-0.15, -0.1) is 11.6 Å².